The van der Waals surface area contributed by atoms with Gasteiger partial charge in [-0.05, 0) is 44.0 Å². The van der Waals surface area contributed by atoms with Crippen LogP contribution in [0.2, 0.25) is 0 Å². The molecule has 1 heterocycles. The molecule has 1 fully saturated rings. The highest BCUT2D eigenvalue weighted by atomic mass is 16.4. The number of aromatic hydroxyl groups is 1. The molecule has 4 nitrogen and oxygen atoms in total. The molecule has 0 radical (unpaired) electrons. The number of nitrogens with zero attached hydrogens (tertiary/aromatic N) is 1. The van der Waals surface area contributed by atoms with E-state index in [-0.39, 0.29) is 17.7 Å². The number of aliphatic carboxylic acids is 1. The van der Waals surface area contributed by atoms with Gasteiger partial charge in [0.05, 0.1) is 5.92 Å². The maximum Gasteiger partial charge on any atom is 0.307 e. The summed E-state index contributed by atoms with van der Waals surface area (Å²) in [5, 5.41) is 18.4. The first-order valence-electron chi connectivity index (χ1n) is 6.33. The highest BCUT2D eigenvalue weighted by Crippen LogP contribution is 2.27. The van der Waals surface area contributed by atoms with Gasteiger partial charge in [-0.15, -0.1) is 0 Å². The Hall–Kier alpha value is -1.55. The molecule has 4 heteroatoms. The maximum atomic E-state index is 11.0. The highest BCUT2D eigenvalue weighted by molar-refractivity contribution is 5.70. The second kappa shape index (κ2) is 5.40. The van der Waals surface area contributed by atoms with Crippen LogP contribution in [-0.4, -0.2) is 34.2 Å². The van der Waals surface area contributed by atoms with Crippen LogP contribution in [0.3, 0.4) is 0 Å². The summed E-state index contributed by atoms with van der Waals surface area (Å²) in [6.07, 6.45) is 1.70. The van der Waals surface area contributed by atoms with Crippen molar-refractivity contribution in [3.8, 4) is 5.75 Å². The molecule has 18 heavy (non-hydrogen) atoms. The van der Waals surface area contributed by atoms with Crippen molar-refractivity contribution < 1.29 is 15.0 Å². The lowest BCUT2D eigenvalue weighted by molar-refractivity contribution is -0.143. The monoisotopic (exact) mass is 249 g/mol. The molecule has 2 unspecified atom stereocenters. The SMILES string of the molecule is CC(c1ccc(O)cc1)N1CCCC(C(=O)O)C1. The van der Waals surface area contributed by atoms with Crippen molar-refractivity contribution in [3.05, 3.63) is 29.8 Å². The van der Waals surface area contributed by atoms with Crippen LogP contribution in [0.4, 0.5) is 0 Å². The lowest BCUT2D eigenvalue weighted by Gasteiger charge is -2.35. The fourth-order valence-electron chi connectivity index (χ4n) is 2.52. The number of carboxylic acids is 1. The van der Waals surface area contributed by atoms with E-state index in [0.717, 1.165) is 24.9 Å². The summed E-state index contributed by atoms with van der Waals surface area (Å²) in [4.78, 5) is 13.2. The number of phenolic OH excluding ortho intramolecular Hbond substituents is 1. The zero-order valence-corrected chi connectivity index (χ0v) is 10.5. The van der Waals surface area contributed by atoms with Crippen molar-refractivity contribution in [1.82, 2.24) is 4.90 Å². The molecule has 0 aliphatic carbocycles. The molecule has 1 aliphatic heterocycles. The fraction of sp³-hybridized carbons (Fsp3) is 0.500. The summed E-state index contributed by atoms with van der Waals surface area (Å²) in [6, 6.07) is 7.32. The lowest BCUT2D eigenvalue weighted by atomic mass is 9.95. The Morgan fingerprint density at radius 2 is 2.06 bits per heavy atom. The highest BCUT2D eigenvalue weighted by Gasteiger charge is 2.28. The molecule has 2 atom stereocenters. The van der Waals surface area contributed by atoms with Crippen molar-refractivity contribution >= 4 is 5.97 Å². The van der Waals surface area contributed by atoms with Crippen molar-refractivity contribution in [1.29, 1.82) is 0 Å². The van der Waals surface area contributed by atoms with Crippen molar-refractivity contribution in [2.75, 3.05) is 13.1 Å². The second-order valence-corrected chi connectivity index (χ2v) is 4.94. The minimum absolute atomic E-state index is 0.188. The number of hydrogen-bond acceptors (Lipinski definition) is 3. The Labute approximate surface area is 107 Å². The number of benzene rings is 1. The summed E-state index contributed by atoms with van der Waals surface area (Å²) in [7, 11) is 0. The zero-order chi connectivity index (χ0) is 13.1. The second-order valence-electron chi connectivity index (χ2n) is 4.94. The largest absolute Gasteiger partial charge is 0.508 e. The zero-order valence-electron chi connectivity index (χ0n) is 10.5. The summed E-state index contributed by atoms with van der Waals surface area (Å²) in [5.41, 5.74) is 1.11. The molecule has 1 aromatic carbocycles. The number of carbonyl (C=O) groups is 1. The van der Waals surface area contributed by atoms with Crippen LogP contribution >= 0.6 is 0 Å². The first-order chi connectivity index (χ1) is 8.58. The third-order valence-corrected chi connectivity index (χ3v) is 3.73. The molecule has 98 valence electrons. The summed E-state index contributed by atoms with van der Waals surface area (Å²) in [5.74, 6) is -0.691. The van der Waals surface area contributed by atoms with Gasteiger partial charge in [-0.25, -0.2) is 0 Å². The Balaban J connectivity index is 2.06. The van der Waals surface area contributed by atoms with Crippen molar-refractivity contribution in [2.45, 2.75) is 25.8 Å². The van der Waals surface area contributed by atoms with Crippen molar-refractivity contribution in [3.63, 3.8) is 0 Å². The van der Waals surface area contributed by atoms with Crippen LogP contribution in [0, 0.1) is 5.92 Å². The van der Waals surface area contributed by atoms with Gasteiger partial charge in [0.25, 0.3) is 0 Å². The van der Waals surface area contributed by atoms with Crippen LogP contribution in [-0.2, 0) is 4.79 Å². The third-order valence-electron chi connectivity index (χ3n) is 3.73. The van der Waals surface area contributed by atoms with Gasteiger partial charge in [0, 0.05) is 12.6 Å². The average Bonchev–Trinajstić information content (AvgIpc) is 2.39. The molecule has 0 bridgehead atoms. The van der Waals surface area contributed by atoms with Gasteiger partial charge in [0.15, 0.2) is 0 Å². The third kappa shape index (κ3) is 2.82. The van der Waals surface area contributed by atoms with Crippen LogP contribution < -0.4 is 0 Å². The Bertz CT molecular complexity index is 416. The number of hydrogen-bond donors (Lipinski definition) is 2. The van der Waals surface area contributed by atoms with Gasteiger partial charge >= 0.3 is 5.97 Å². The summed E-state index contributed by atoms with van der Waals surface area (Å²) in [6.45, 7) is 3.62. The topological polar surface area (TPSA) is 60.8 Å². The number of piperidine rings is 1. The standard InChI is InChI=1S/C14H19NO3/c1-10(11-4-6-13(16)7-5-11)15-8-2-3-12(9-15)14(17)18/h4-7,10,12,16H,2-3,8-9H2,1H3,(H,17,18). The molecule has 1 saturated heterocycles. The van der Waals surface area contributed by atoms with Crippen molar-refractivity contribution in [2.24, 2.45) is 5.92 Å². The number of rotatable bonds is 3. The van der Waals surface area contributed by atoms with E-state index in [2.05, 4.69) is 11.8 Å². The van der Waals surface area contributed by atoms with E-state index in [9.17, 15) is 9.90 Å². The molecule has 0 amide bonds. The average molecular weight is 249 g/mol. The molecule has 0 aromatic heterocycles. The van der Waals surface area contributed by atoms with Gasteiger partial charge in [0.2, 0.25) is 0 Å². The Morgan fingerprint density at radius 3 is 2.67 bits per heavy atom. The molecule has 1 aromatic rings. The van der Waals surface area contributed by atoms with Gasteiger partial charge in [-0.2, -0.15) is 0 Å². The Kier molecular flexibility index (Phi) is 3.87. The normalized spacial score (nSPS) is 22.6. The van der Waals surface area contributed by atoms with Gasteiger partial charge < -0.3 is 10.2 Å². The summed E-state index contributed by atoms with van der Waals surface area (Å²) >= 11 is 0. The van der Waals surface area contributed by atoms with E-state index in [1.807, 2.05) is 12.1 Å². The van der Waals surface area contributed by atoms with E-state index in [0.29, 0.717) is 6.54 Å². The molecular formula is C14H19NO3. The van der Waals surface area contributed by atoms with E-state index < -0.39 is 5.97 Å². The van der Waals surface area contributed by atoms with Gasteiger partial charge in [-0.3, -0.25) is 9.69 Å². The molecular weight excluding hydrogens is 230 g/mol. The smallest absolute Gasteiger partial charge is 0.307 e. The van der Waals surface area contributed by atoms with E-state index in [1.54, 1.807) is 12.1 Å². The Morgan fingerprint density at radius 1 is 1.39 bits per heavy atom. The minimum atomic E-state index is -0.697. The van der Waals surface area contributed by atoms with Gasteiger partial charge in [-0.1, -0.05) is 12.1 Å². The first kappa shape index (κ1) is 12.9. The molecule has 0 saturated carbocycles. The predicted molar refractivity (Wildman–Crippen MR) is 68.5 cm³/mol. The molecule has 2 rings (SSSR count). The van der Waals surface area contributed by atoms with Crippen LogP contribution in [0.25, 0.3) is 0 Å². The number of carboxylic acid groups (broad SMARTS) is 1. The molecule has 2 N–H and O–H groups in total. The number of likely N-dealkylation sites (tertiary alicyclic amines) is 1. The molecule has 1 aliphatic rings. The van der Waals surface area contributed by atoms with E-state index in [4.69, 9.17) is 5.11 Å². The maximum absolute atomic E-state index is 11.0. The van der Waals surface area contributed by atoms with E-state index in [1.165, 1.54) is 0 Å². The predicted octanol–water partition coefficient (Wildman–Crippen LogP) is 2.25. The lowest BCUT2D eigenvalue weighted by Crippen LogP contribution is -2.40. The first-order valence-corrected chi connectivity index (χ1v) is 6.33. The minimum Gasteiger partial charge on any atom is -0.508 e. The van der Waals surface area contributed by atoms with Gasteiger partial charge in [0.1, 0.15) is 5.75 Å². The van der Waals surface area contributed by atoms with Crippen LogP contribution in [0.15, 0.2) is 24.3 Å². The fourth-order valence-corrected chi connectivity index (χ4v) is 2.52. The van der Waals surface area contributed by atoms with Crippen LogP contribution in [0.1, 0.15) is 31.4 Å². The molecule has 0 spiro atoms. The van der Waals surface area contributed by atoms with Crippen LogP contribution in [0.5, 0.6) is 5.75 Å². The van der Waals surface area contributed by atoms with E-state index >= 15 is 0 Å². The number of phenols is 1. The summed E-state index contributed by atoms with van der Waals surface area (Å²) < 4.78 is 0. The quantitative estimate of drug-likeness (QED) is 0.862.